The van der Waals surface area contributed by atoms with Crippen molar-refractivity contribution >= 4 is 55.9 Å². The predicted octanol–water partition coefficient (Wildman–Crippen LogP) is 5.19. The van der Waals surface area contributed by atoms with Gasteiger partial charge in [-0.15, -0.1) is 0 Å². The van der Waals surface area contributed by atoms with Gasteiger partial charge in [-0.05, 0) is 29.2 Å². The van der Waals surface area contributed by atoms with Gasteiger partial charge in [-0.1, -0.05) is 71.5 Å². The standard InChI is InChI=1S/C21H15ClN2OS/c1-24-18-12-10-14-6-2-4-8-16(14)20(18)26-21(24)23-19(25)13-11-15-7-3-5-9-17(15)22/h2-13H,1H3. The third-order valence-electron chi connectivity index (χ3n) is 4.22. The van der Waals surface area contributed by atoms with Gasteiger partial charge in [-0.25, -0.2) is 0 Å². The van der Waals surface area contributed by atoms with Crippen molar-refractivity contribution in [2.24, 2.45) is 12.0 Å². The number of aryl methyl sites for hydroxylation is 1. The third kappa shape index (κ3) is 3.09. The maximum Gasteiger partial charge on any atom is 0.272 e. The Bertz CT molecular complexity index is 1230. The number of halogens is 1. The van der Waals surface area contributed by atoms with E-state index >= 15 is 0 Å². The normalized spacial score (nSPS) is 12.5. The average Bonchev–Trinajstić information content (AvgIpc) is 2.97. The lowest BCUT2D eigenvalue weighted by Gasteiger charge is -1.99. The van der Waals surface area contributed by atoms with Crippen LogP contribution in [0.3, 0.4) is 0 Å². The highest BCUT2D eigenvalue weighted by Crippen LogP contribution is 2.27. The molecule has 5 heteroatoms. The summed E-state index contributed by atoms with van der Waals surface area (Å²) in [5.74, 6) is -0.309. The summed E-state index contributed by atoms with van der Waals surface area (Å²) in [5.41, 5.74) is 1.86. The minimum absolute atomic E-state index is 0.309. The van der Waals surface area contributed by atoms with Crippen molar-refractivity contribution in [3.63, 3.8) is 0 Å². The Morgan fingerprint density at radius 1 is 1.08 bits per heavy atom. The second-order valence-electron chi connectivity index (χ2n) is 5.88. The number of amides is 1. The molecule has 0 aliphatic heterocycles. The summed E-state index contributed by atoms with van der Waals surface area (Å²) in [6.45, 7) is 0. The summed E-state index contributed by atoms with van der Waals surface area (Å²) in [7, 11) is 1.93. The van der Waals surface area contributed by atoms with Crippen molar-refractivity contribution in [3.8, 4) is 0 Å². The summed E-state index contributed by atoms with van der Waals surface area (Å²) < 4.78 is 3.08. The van der Waals surface area contributed by atoms with Crippen LogP contribution in [0.25, 0.3) is 27.1 Å². The molecule has 26 heavy (non-hydrogen) atoms. The fourth-order valence-corrected chi connectivity index (χ4v) is 4.22. The van der Waals surface area contributed by atoms with Crippen LogP contribution in [0.2, 0.25) is 5.02 Å². The maximum atomic E-state index is 12.3. The van der Waals surface area contributed by atoms with Crippen molar-refractivity contribution < 1.29 is 4.79 Å². The van der Waals surface area contributed by atoms with Crippen LogP contribution in [0.15, 0.2) is 71.7 Å². The van der Waals surface area contributed by atoms with Crippen LogP contribution in [0.4, 0.5) is 0 Å². The lowest BCUT2D eigenvalue weighted by atomic mass is 10.1. The smallest absolute Gasteiger partial charge is 0.272 e. The molecule has 0 aliphatic rings. The van der Waals surface area contributed by atoms with Crippen LogP contribution in [0.5, 0.6) is 0 Å². The van der Waals surface area contributed by atoms with Gasteiger partial charge in [0.15, 0.2) is 4.80 Å². The highest BCUT2D eigenvalue weighted by Gasteiger charge is 2.07. The summed E-state index contributed by atoms with van der Waals surface area (Å²) >= 11 is 7.63. The number of benzene rings is 3. The predicted molar refractivity (Wildman–Crippen MR) is 109 cm³/mol. The Kier molecular flexibility index (Phi) is 4.45. The van der Waals surface area contributed by atoms with Crippen molar-refractivity contribution in [2.45, 2.75) is 0 Å². The number of carbonyl (C=O) groups excluding carboxylic acids is 1. The Hall–Kier alpha value is -2.69. The third-order valence-corrected chi connectivity index (χ3v) is 5.74. The summed E-state index contributed by atoms with van der Waals surface area (Å²) in [4.78, 5) is 17.2. The number of aromatic nitrogens is 1. The van der Waals surface area contributed by atoms with E-state index in [2.05, 4.69) is 29.3 Å². The molecule has 0 atom stereocenters. The number of nitrogens with zero attached hydrogens (tertiary/aromatic N) is 2. The van der Waals surface area contributed by atoms with Crippen LogP contribution in [-0.4, -0.2) is 10.5 Å². The van der Waals surface area contributed by atoms with Gasteiger partial charge in [0.1, 0.15) is 0 Å². The lowest BCUT2D eigenvalue weighted by Crippen LogP contribution is -2.12. The molecule has 0 N–H and O–H groups in total. The molecule has 0 spiro atoms. The van der Waals surface area contributed by atoms with Gasteiger partial charge in [-0.3, -0.25) is 4.79 Å². The lowest BCUT2D eigenvalue weighted by molar-refractivity contribution is -0.113. The molecule has 0 aliphatic carbocycles. The van der Waals surface area contributed by atoms with Gasteiger partial charge in [0.25, 0.3) is 5.91 Å². The maximum absolute atomic E-state index is 12.3. The summed E-state index contributed by atoms with van der Waals surface area (Å²) in [6, 6.07) is 19.8. The quantitative estimate of drug-likeness (QED) is 0.442. The number of thiazole rings is 1. The van der Waals surface area contributed by atoms with E-state index in [4.69, 9.17) is 11.6 Å². The van der Waals surface area contributed by atoms with Gasteiger partial charge in [0, 0.05) is 23.5 Å². The first-order chi connectivity index (χ1) is 12.6. The number of hydrogen-bond donors (Lipinski definition) is 0. The number of fused-ring (bicyclic) bond motifs is 3. The molecular formula is C21H15ClN2OS. The molecule has 1 aromatic heterocycles. The SMILES string of the molecule is Cn1c(=NC(=O)C=Cc2ccccc2Cl)sc2c3ccccc3ccc21. The van der Waals surface area contributed by atoms with E-state index in [1.807, 2.05) is 41.9 Å². The Balaban J connectivity index is 1.76. The second kappa shape index (κ2) is 6.90. The molecule has 4 rings (SSSR count). The minimum Gasteiger partial charge on any atom is -0.319 e. The van der Waals surface area contributed by atoms with E-state index < -0.39 is 0 Å². The van der Waals surface area contributed by atoms with Crippen LogP contribution in [-0.2, 0) is 11.8 Å². The molecule has 3 nitrogen and oxygen atoms in total. The Labute approximate surface area is 159 Å². The number of hydrogen-bond acceptors (Lipinski definition) is 2. The summed E-state index contributed by atoms with van der Waals surface area (Å²) in [6.07, 6.45) is 3.14. The van der Waals surface area contributed by atoms with E-state index in [-0.39, 0.29) is 5.91 Å². The van der Waals surface area contributed by atoms with Gasteiger partial charge in [0.2, 0.25) is 0 Å². The molecule has 0 bridgehead atoms. The molecule has 128 valence electrons. The average molecular weight is 379 g/mol. The number of carbonyl (C=O) groups is 1. The Morgan fingerprint density at radius 2 is 1.85 bits per heavy atom. The van der Waals surface area contributed by atoms with E-state index in [9.17, 15) is 4.79 Å². The molecule has 0 radical (unpaired) electrons. The molecule has 0 saturated carbocycles. The zero-order valence-corrected chi connectivity index (χ0v) is 15.6. The first kappa shape index (κ1) is 16.8. The monoisotopic (exact) mass is 378 g/mol. The van der Waals surface area contributed by atoms with Crippen molar-refractivity contribution in [1.29, 1.82) is 0 Å². The highest BCUT2D eigenvalue weighted by atomic mass is 35.5. The molecule has 3 aromatic carbocycles. The van der Waals surface area contributed by atoms with E-state index in [1.54, 1.807) is 12.1 Å². The topological polar surface area (TPSA) is 34.4 Å². The van der Waals surface area contributed by atoms with Crippen molar-refractivity contribution in [1.82, 2.24) is 4.57 Å². The van der Waals surface area contributed by atoms with Gasteiger partial charge in [-0.2, -0.15) is 4.99 Å². The van der Waals surface area contributed by atoms with Gasteiger partial charge < -0.3 is 4.57 Å². The van der Waals surface area contributed by atoms with Crippen LogP contribution >= 0.6 is 22.9 Å². The van der Waals surface area contributed by atoms with Crippen molar-refractivity contribution in [3.05, 3.63) is 82.1 Å². The molecule has 0 unspecified atom stereocenters. The van der Waals surface area contributed by atoms with Crippen LogP contribution in [0, 0.1) is 0 Å². The van der Waals surface area contributed by atoms with Crippen LogP contribution in [0.1, 0.15) is 5.56 Å². The summed E-state index contributed by atoms with van der Waals surface area (Å²) in [5, 5.41) is 2.96. The molecular weight excluding hydrogens is 364 g/mol. The minimum atomic E-state index is -0.309. The largest absolute Gasteiger partial charge is 0.319 e. The molecule has 0 saturated heterocycles. The van der Waals surface area contributed by atoms with E-state index in [0.29, 0.717) is 9.82 Å². The highest BCUT2D eigenvalue weighted by molar-refractivity contribution is 7.17. The van der Waals surface area contributed by atoms with Gasteiger partial charge in [0.05, 0.1) is 10.2 Å². The van der Waals surface area contributed by atoms with E-state index in [0.717, 1.165) is 15.8 Å². The Morgan fingerprint density at radius 3 is 2.69 bits per heavy atom. The first-order valence-corrected chi connectivity index (χ1v) is 9.31. The molecule has 4 aromatic rings. The molecule has 0 fully saturated rings. The number of rotatable bonds is 2. The fourth-order valence-electron chi connectivity index (χ4n) is 2.87. The van der Waals surface area contributed by atoms with Crippen LogP contribution < -0.4 is 4.80 Å². The first-order valence-electron chi connectivity index (χ1n) is 8.12. The second-order valence-corrected chi connectivity index (χ2v) is 7.27. The van der Waals surface area contributed by atoms with E-state index in [1.165, 1.54) is 28.2 Å². The molecule has 1 heterocycles. The van der Waals surface area contributed by atoms with Crippen molar-refractivity contribution in [2.75, 3.05) is 0 Å². The van der Waals surface area contributed by atoms with Gasteiger partial charge >= 0.3 is 0 Å². The molecule has 1 amide bonds. The fraction of sp³-hybridized carbons (Fsp3) is 0.0476. The zero-order valence-electron chi connectivity index (χ0n) is 14.0. The zero-order chi connectivity index (χ0) is 18.1.